The number of halogens is 1. The number of hydrogen-bond acceptors (Lipinski definition) is 4. The molecule has 1 saturated heterocycles. The van der Waals surface area contributed by atoms with Gasteiger partial charge >= 0.3 is 0 Å². The molecule has 0 amide bonds. The summed E-state index contributed by atoms with van der Waals surface area (Å²) < 4.78 is 32.9. The lowest BCUT2D eigenvalue weighted by atomic mass is 9.98. The van der Waals surface area contributed by atoms with Crippen molar-refractivity contribution in [3.63, 3.8) is 0 Å². The summed E-state index contributed by atoms with van der Waals surface area (Å²) in [7, 11) is -1.68. The highest BCUT2D eigenvalue weighted by Gasteiger charge is 2.31. The third-order valence-electron chi connectivity index (χ3n) is 4.06. The third-order valence-corrected chi connectivity index (χ3v) is 6.81. The summed E-state index contributed by atoms with van der Waals surface area (Å²) in [5, 5.41) is 2.96. The van der Waals surface area contributed by atoms with Crippen LogP contribution in [0.1, 0.15) is 38.4 Å². The Balaban J connectivity index is 2.21. The molecular weight excluding hydrogens is 356 g/mol. The van der Waals surface area contributed by atoms with Gasteiger partial charge in [0.15, 0.2) is 4.67 Å². The van der Waals surface area contributed by atoms with Crippen molar-refractivity contribution in [1.29, 1.82) is 0 Å². The van der Waals surface area contributed by atoms with Crippen LogP contribution >= 0.6 is 15.9 Å². The van der Waals surface area contributed by atoms with E-state index in [4.69, 9.17) is 4.42 Å². The van der Waals surface area contributed by atoms with Crippen molar-refractivity contribution in [3.05, 3.63) is 16.5 Å². The minimum Gasteiger partial charge on any atom is -0.452 e. The summed E-state index contributed by atoms with van der Waals surface area (Å²) >= 11 is 3.23. The van der Waals surface area contributed by atoms with Crippen LogP contribution in [-0.4, -0.2) is 32.9 Å². The second kappa shape index (κ2) is 7.26. The Hall–Kier alpha value is -0.370. The maximum Gasteiger partial charge on any atom is 0.247 e. The third kappa shape index (κ3) is 3.88. The number of hydrogen-bond donors (Lipinski definition) is 1. The van der Waals surface area contributed by atoms with E-state index in [9.17, 15) is 8.42 Å². The maximum atomic E-state index is 12.8. The smallest absolute Gasteiger partial charge is 0.247 e. The Morgan fingerprint density at radius 3 is 2.86 bits per heavy atom. The van der Waals surface area contributed by atoms with Crippen molar-refractivity contribution >= 4 is 26.0 Å². The van der Waals surface area contributed by atoms with Gasteiger partial charge in [-0.1, -0.05) is 13.3 Å². The van der Waals surface area contributed by atoms with Crippen LogP contribution in [0.5, 0.6) is 0 Å². The van der Waals surface area contributed by atoms with Crippen molar-refractivity contribution < 1.29 is 12.8 Å². The zero-order valence-electron chi connectivity index (χ0n) is 12.6. The predicted octanol–water partition coefficient (Wildman–Crippen LogP) is 2.96. The van der Waals surface area contributed by atoms with E-state index in [0.29, 0.717) is 36.0 Å². The Kier molecular flexibility index (Phi) is 5.88. The molecule has 1 aliphatic rings. The predicted molar refractivity (Wildman–Crippen MR) is 85.6 cm³/mol. The highest BCUT2D eigenvalue weighted by atomic mass is 79.9. The Morgan fingerprint density at radius 1 is 1.43 bits per heavy atom. The highest BCUT2D eigenvalue weighted by Crippen LogP contribution is 2.31. The first kappa shape index (κ1) is 17.0. The molecule has 1 aromatic rings. The molecule has 1 aromatic heterocycles. The van der Waals surface area contributed by atoms with Gasteiger partial charge in [0.1, 0.15) is 10.7 Å². The lowest BCUT2D eigenvalue weighted by Crippen LogP contribution is -2.32. The molecule has 1 atom stereocenters. The summed E-state index contributed by atoms with van der Waals surface area (Å²) in [6.07, 6.45) is 4.10. The molecule has 1 N–H and O–H groups in total. The molecule has 0 aromatic carbocycles. The number of nitrogens with one attached hydrogen (secondary N) is 1. The van der Waals surface area contributed by atoms with Gasteiger partial charge < -0.3 is 9.73 Å². The van der Waals surface area contributed by atoms with Gasteiger partial charge in [-0.15, -0.1) is 0 Å². The number of sulfonamides is 1. The quantitative estimate of drug-likeness (QED) is 0.855. The fraction of sp³-hybridized carbons (Fsp3) is 0.714. The molecule has 0 bridgehead atoms. The van der Waals surface area contributed by atoms with E-state index in [-0.39, 0.29) is 4.90 Å². The molecule has 0 saturated carbocycles. The van der Waals surface area contributed by atoms with Crippen LogP contribution in [0.25, 0.3) is 0 Å². The first-order valence-corrected chi connectivity index (χ1v) is 9.65. The largest absolute Gasteiger partial charge is 0.452 e. The summed E-state index contributed by atoms with van der Waals surface area (Å²) in [5.74, 6) is 1.25. The standard InChI is InChI=1S/C14H23BrN2O3S/c1-3-11-5-4-7-17(8-6-11)21(18,19)13-9-12(10-16-2)20-14(13)15/h9,11,16H,3-8,10H2,1-2H3. The Morgan fingerprint density at radius 2 is 2.19 bits per heavy atom. The monoisotopic (exact) mass is 378 g/mol. The molecule has 1 aliphatic heterocycles. The first-order chi connectivity index (χ1) is 9.98. The van der Waals surface area contributed by atoms with Crippen LogP contribution in [0.4, 0.5) is 0 Å². The van der Waals surface area contributed by atoms with E-state index < -0.39 is 10.0 Å². The second-order valence-corrected chi connectivity index (χ2v) is 8.12. The minimum atomic E-state index is -3.48. The second-order valence-electron chi connectivity index (χ2n) is 5.49. The van der Waals surface area contributed by atoms with E-state index in [0.717, 1.165) is 25.7 Å². The average Bonchev–Trinajstić information content (AvgIpc) is 2.68. The van der Waals surface area contributed by atoms with Gasteiger partial charge in [-0.3, -0.25) is 0 Å². The number of nitrogens with zero attached hydrogens (tertiary/aromatic N) is 1. The lowest BCUT2D eigenvalue weighted by Gasteiger charge is -2.19. The fourth-order valence-corrected chi connectivity index (χ4v) is 5.22. The van der Waals surface area contributed by atoms with Crippen LogP contribution in [0.3, 0.4) is 0 Å². The van der Waals surface area contributed by atoms with Crippen molar-refractivity contribution in [3.8, 4) is 0 Å². The van der Waals surface area contributed by atoms with E-state index in [1.54, 1.807) is 17.4 Å². The molecule has 0 radical (unpaired) electrons. The molecule has 21 heavy (non-hydrogen) atoms. The topological polar surface area (TPSA) is 62.6 Å². The number of furan rings is 1. The van der Waals surface area contributed by atoms with E-state index in [1.165, 1.54) is 0 Å². The fourth-order valence-electron chi connectivity index (χ4n) is 2.76. The van der Waals surface area contributed by atoms with E-state index in [2.05, 4.69) is 28.2 Å². The molecule has 2 heterocycles. The molecular formula is C14H23BrN2O3S. The Bertz CT molecular complexity index is 571. The molecule has 7 heteroatoms. The number of rotatable bonds is 5. The van der Waals surface area contributed by atoms with Crippen LogP contribution in [-0.2, 0) is 16.6 Å². The lowest BCUT2D eigenvalue weighted by molar-refractivity contribution is 0.405. The molecule has 5 nitrogen and oxygen atoms in total. The average molecular weight is 379 g/mol. The molecule has 1 fully saturated rings. The Labute approximate surface area is 135 Å². The van der Waals surface area contributed by atoms with Gasteiger partial charge in [0, 0.05) is 19.2 Å². The van der Waals surface area contributed by atoms with Crippen LogP contribution in [0, 0.1) is 5.92 Å². The summed E-state index contributed by atoms with van der Waals surface area (Å²) in [4.78, 5) is 0.239. The SMILES string of the molecule is CCC1CCCN(S(=O)(=O)c2cc(CNC)oc2Br)CC1. The van der Waals surface area contributed by atoms with Crippen molar-refractivity contribution in [2.24, 2.45) is 5.92 Å². The van der Waals surface area contributed by atoms with E-state index >= 15 is 0 Å². The molecule has 0 aliphatic carbocycles. The van der Waals surface area contributed by atoms with Gasteiger partial charge in [-0.2, -0.15) is 4.31 Å². The molecule has 0 spiro atoms. The van der Waals surface area contributed by atoms with Gasteiger partial charge in [-0.25, -0.2) is 8.42 Å². The minimum absolute atomic E-state index is 0.239. The maximum absolute atomic E-state index is 12.8. The van der Waals surface area contributed by atoms with Crippen LogP contribution < -0.4 is 5.32 Å². The van der Waals surface area contributed by atoms with Crippen molar-refractivity contribution in [2.75, 3.05) is 20.1 Å². The van der Waals surface area contributed by atoms with Crippen LogP contribution in [0.15, 0.2) is 20.0 Å². The van der Waals surface area contributed by atoms with Crippen molar-refractivity contribution in [1.82, 2.24) is 9.62 Å². The van der Waals surface area contributed by atoms with Crippen molar-refractivity contribution in [2.45, 2.75) is 44.0 Å². The zero-order chi connectivity index (χ0) is 15.5. The van der Waals surface area contributed by atoms with Gasteiger partial charge in [0.25, 0.3) is 0 Å². The summed E-state index contributed by atoms with van der Waals surface area (Å²) in [6, 6.07) is 1.61. The van der Waals surface area contributed by atoms with Gasteiger partial charge in [-0.05, 0) is 48.2 Å². The zero-order valence-corrected chi connectivity index (χ0v) is 15.0. The molecule has 1 unspecified atom stereocenters. The highest BCUT2D eigenvalue weighted by molar-refractivity contribution is 9.10. The normalized spacial score (nSPS) is 21.4. The van der Waals surface area contributed by atoms with Crippen LogP contribution in [0.2, 0.25) is 0 Å². The summed E-state index contributed by atoms with van der Waals surface area (Å²) in [5.41, 5.74) is 0. The molecule has 2 rings (SSSR count). The van der Waals surface area contributed by atoms with Gasteiger partial charge in [0.05, 0.1) is 6.54 Å². The van der Waals surface area contributed by atoms with E-state index in [1.807, 2.05) is 0 Å². The van der Waals surface area contributed by atoms with Gasteiger partial charge in [0.2, 0.25) is 10.0 Å². The summed E-state index contributed by atoms with van der Waals surface area (Å²) in [6.45, 7) is 3.87. The molecule has 120 valence electrons. The first-order valence-electron chi connectivity index (χ1n) is 7.42.